The Morgan fingerprint density at radius 3 is 1.53 bits per heavy atom. The van der Waals surface area contributed by atoms with E-state index in [-0.39, 0.29) is 0 Å². The molecule has 1 aromatic heterocycles. The fourth-order valence-electron chi connectivity index (χ4n) is 9.63. The summed E-state index contributed by atoms with van der Waals surface area (Å²) in [5, 5.41) is 12.5. The SMILES string of the molecule is c1cc(-c2ccc3ccccc3c2)cc(N(c2ccc(-c3ccccc3-n3c4ccccc4c4ccccc43)cc2)c2cccc3c4ccccc4c4ccccc4c23)c1. The molecule has 2 nitrogen and oxygen atoms in total. The van der Waals surface area contributed by atoms with Crippen molar-refractivity contribution in [1.82, 2.24) is 4.57 Å². The van der Waals surface area contributed by atoms with Gasteiger partial charge in [0.15, 0.2) is 0 Å². The lowest BCUT2D eigenvalue weighted by Crippen LogP contribution is -2.11. The third-order valence-electron chi connectivity index (χ3n) is 12.3. The van der Waals surface area contributed by atoms with Crippen molar-refractivity contribution < 1.29 is 0 Å². The van der Waals surface area contributed by atoms with Gasteiger partial charge in [0, 0.05) is 33.1 Å². The van der Waals surface area contributed by atoms with E-state index in [9.17, 15) is 0 Å². The first-order valence-electron chi connectivity index (χ1n) is 20.7. The van der Waals surface area contributed by atoms with Crippen LogP contribution in [0.1, 0.15) is 0 Å². The Morgan fingerprint density at radius 1 is 0.300 bits per heavy atom. The van der Waals surface area contributed by atoms with Crippen LogP contribution in [0.15, 0.2) is 231 Å². The monoisotopic (exact) mass is 762 g/mol. The van der Waals surface area contributed by atoms with Gasteiger partial charge in [0.2, 0.25) is 0 Å². The fourth-order valence-corrected chi connectivity index (χ4v) is 9.63. The normalized spacial score (nSPS) is 11.7. The summed E-state index contributed by atoms with van der Waals surface area (Å²) in [5.41, 5.74) is 11.6. The van der Waals surface area contributed by atoms with E-state index >= 15 is 0 Å². The highest BCUT2D eigenvalue weighted by molar-refractivity contribution is 6.28. The van der Waals surface area contributed by atoms with E-state index in [2.05, 4.69) is 240 Å². The van der Waals surface area contributed by atoms with Crippen LogP contribution in [-0.4, -0.2) is 4.57 Å². The topological polar surface area (TPSA) is 8.17 Å². The molecule has 60 heavy (non-hydrogen) atoms. The van der Waals surface area contributed by atoms with Gasteiger partial charge in [-0.1, -0.05) is 176 Å². The van der Waals surface area contributed by atoms with Gasteiger partial charge >= 0.3 is 0 Å². The van der Waals surface area contributed by atoms with Crippen LogP contribution in [-0.2, 0) is 0 Å². The first kappa shape index (κ1) is 34.1. The Bertz CT molecular complexity index is 3510. The molecule has 0 N–H and O–H groups in total. The molecule has 0 amide bonds. The molecule has 0 atom stereocenters. The molecular weight excluding hydrogens is 725 g/mol. The fraction of sp³-hybridized carbons (Fsp3) is 0. The van der Waals surface area contributed by atoms with Crippen molar-refractivity contribution in [3.63, 3.8) is 0 Å². The second-order valence-electron chi connectivity index (χ2n) is 15.7. The maximum absolute atomic E-state index is 2.46. The standard InChI is InChI=1S/C58H38N2/c1-2-16-41-37-43(32-31-39(41)15-1)42-17-13-18-45(38-42)59(57-30-14-26-53-49-21-4-3-20-47(49)48-22-5-6-25-52(48)58(53)57)44-35-33-40(34-36-44)46-19-7-10-27-54(46)60-55-28-11-8-23-50(55)51-24-9-12-29-56(51)60/h1-38H. The van der Waals surface area contributed by atoms with Crippen LogP contribution in [0.4, 0.5) is 17.1 Å². The summed E-state index contributed by atoms with van der Waals surface area (Å²) in [4.78, 5) is 2.46. The predicted molar refractivity (Wildman–Crippen MR) is 256 cm³/mol. The number of benzene rings is 11. The summed E-state index contributed by atoms with van der Waals surface area (Å²) in [6.07, 6.45) is 0. The third kappa shape index (κ3) is 5.42. The zero-order valence-electron chi connectivity index (χ0n) is 32.8. The minimum atomic E-state index is 1.09. The number of para-hydroxylation sites is 3. The molecule has 11 aromatic carbocycles. The molecule has 0 spiro atoms. The summed E-state index contributed by atoms with van der Waals surface area (Å²) in [6, 6.07) is 84.3. The van der Waals surface area contributed by atoms with Gasteiger partial charge in [-0.2, -0.15) is 0 Å². The minimum absolute atomic E-state index is 1.09. The molecule has 0 fully saturated rings. The molecular formula is C58H38N2. The van der Waals surface area contributed by atoms with Crippen LogP contribution in [0.5, 0.6) is 0 Å². The highest BCUT2D eigenvalue weighted by atomic mass is 15.1. The zero-order valence-corrected chi connectivity index (χ0v) is 32.8. The molecule has 0 saturated carbocycles. The number of hydrogen-bond donors (Lipinski definition) is 0. The quantitative estimate of drug-likeness (QED) is 0.153. The van der Waals surface area contributed by atoms with Gasteiger partial charge in [0.25, 0.3) is 0 Å². The lowest BCUT2D eigenvalue weighted by molar-refractivity contribution is 1.18. The van der Waals surface area contributed by atoms with Crippen LogP contribution in [0, 0.1) is 0 Å². The van der Waals surface area contributed by atoms with Crippen LogP contribution in [0.3, 0.4) is 0 Å². The molecule has 0 bridgehead atoms. The summed E-state index contributed by atoms with van der Waals surface area (Å²) in [6.45, 7) is 0. The van der Waals surface area contributed by atoms with Gasteiger partial charge in [-0.3, -0.25) is 0 Å². The number of hydrogen-bond acceptors (Lipinski definition) is 1. The van der Waals surface area contributed by atoms with E-state index in [1.807, 2.05) is 0 Å². The van der Waals surface area contributed by atoms with Gasteiger partial charge < -0.3 is 9.47 Å². The van der Waals surface area contributed by atoms with Crippen molar-refractivity contribution in [2.75, 3.05) is 4.90 Å². The van der Waals surface area contributed by atoms with Gasteiger partial charge in [0.1, 0.15) is 0 Å². The molecule has 12 rings (SSSR count). The number of fused-ring (bicyclic) bond motifs is 10. The maximum atomic E-state index is 2.46. The molecule has 0 saturated heterocycles. The van der Waals surface area contributed by atoms with Crippen molar-refractivity contribution in [1.29, 1.82) is 0 Å². The smallest absolute Gasteiger partial charge is 0.0546 e. The van der Waals surface area contributed by atoms with Crippen molar-refractivity contribution in [2.45, 2.75) is 0 Å². The van der Waals surface area contributed by atoms with E-state index in [0.29, 0.717) is 0 Å². The first-order valence-corrected chi connectivity index (χ1v) is 20.7. The molecule has 12 aromatic rings. The molecule has 0 aliphatic rings. The molecule has 0 radical (unpaired) electrons. The zero-order chi connectivity index (χ0) is 39.6. The molecule has 280 valence electrons. The van der Waals surface area contributed by atoms with Crippen LogP contribution >= 0.6 is 0 Å². The van der Waals surface area contributed by atoms with Crippen molar-refractivity contribution in [3.8, 4) is 27.9 Å². The van der Waals surface area contributed by atoms with E-state index in [4.69, 9.17) is 0 Å². The summed E-state index contributed by atoms with van der Waals surface area (Å²) < 4.78 is 2.42. The Kier molecular flexibility index (Phi) is 7.89. The number of aromatic nitrogens is 1. The second-order valence-corrected chi connectivity index (χ2v) is 15.7. The number of nitrogens with zero attached hydrogens (tertiary/aromatic N) is 2. The molecule has 0 aliphatic heterocycles. The molecule has 0 aliphatic carbocycles. The number of anilines is 3. The van der Waals surface area contributed by atoms with E-state index in [1.54, 1.807) is 0 Å². The van der Waals surface area contributed by atoms with Gasteiger partial charge in [-0.25, -0.2) is 0 Å². The van der Waals surface area contributed by atoms with Gasteiger partial charge in [-0.15, -0.1) is 0 Å². The second kappa shape index (κ2) is 13.9. The lowest BCUT2D eigenvalue weighted by Gasteiger charge is -2.28. The summed E-state index contributed by atoms with van der Waals surface area (Å²) >= 11 is 0. The Labute approximate surface area is 348 Å². The Hall–Kier alpha value is -7.94. The van der Waals surface area contributed by atoms with Crippen LogP contribution in [0.25, 0.3) is 92.8 Å². The molecule has 1 heterocycles. The highest BCUT2D eigenvalue weighted by Gasteiger charge is 2.21. The average Bonchev–Trinajstić information content (AvgIpc) is 3.66. The van der Waals surface area contributed by atoms with Crippen molar-refractivity contribution >= 4 is 82.0 Å². The maximum Gasteiger partial charge on any atom is 0.0546 e. The molecule has 2 heteroatoms. The van der Waals surface area contributed by atoms with E-state index in [1.165, 1.54) is 81.6 Å². The lowest BCUT2D eigenvalue weighted by atomic mass is 9.92. The first-order chi connectivity index (χ1) is 29.8. The third-order valence-corrected chi connectivity index (χ3v) is 12.3. The van der Waals surface area contributed by atoms with Crippen molar-refractivity contribution in [3.05, 3.63) is 231 Å². The predicted octanol–water partition coefficient (Wildman–Crippen LogP) is 16.2. The van der Waals surface area contributed by atoms with Crippen molar-refractivity contribution in [2.24, 2.45) is 0 Å². The van der Waals surface area contributed by atoms with Crippen LogP contribution in [0.2, 0.25) is 0 Å². The van der Waals surface area contributed by atoms with E-state index < -0.39 is 0 Å². The van der Waals surface area contributed by atoms with E-state index in [0.717, 1.165) is 28.3 Å². The molecule has 0 unspecified atom stereocenters. The number of rotatable bonds is 6. The van der Waals surface area contributed by atoms with Gasteiger partial charge in [0.05, 0.1) is 22.4 Å². The summed E-state index contributed by atoms with van der Waals surface area (Å²) in [7, 11) is 0. The highest BCUT2D eigenvalue weighted by Crippen LogP contribution is 2.46. The summed E-state index contributed by atoms with van der Waals surface area (Å²) in [5.74, 6) is 0. The van der Waals surface area contributed by atoms with Crippen LogP contribution < -0.4 is 4.90 Å². The Morgan fingerprint density at radius 2 is 0.817 bits per heavy atom. The Balaban J connectivity index is 1.07. The van der Waals surface area contributed by atoms with Gasteiger partial charge in [-0.05, 0) is 109 Å². The minimum Gasteiger partial charge on any atom is -0.310 e. The average molecular weight is 763 g/mol. The largest absolute Gasteiger partial charge is 0.310 e.